The Morgan fingerprint density at radius 1 is 1.20 bits per heavy atom. The monoisotopic (exact) mass is 306 g/mol. The van der Waals surface area contributed by atoms with Crippen LogP contribution in [0.1, 0.15) is 32.6 Å². The van der Waals surface area contributed by atoms with E-state index in [1.807, 2.05) is 0 Å². The van der Waals surface area contributed by atoms with Gasteiger partial charge < -0.3 is 14.2 Å². The Kier molecular flexibility index (Phi) is 5.17. The molecule has 2 fully saturated rings. The molecule has 0 aromatic rings. The van der Waals surface area contributed by atoms with Gasteiger partial charge in [-0.25, -0.2) is 4.21 Å². The molecule has 1 spiro atoms. The molecule has 1 heterocycles. The summed E-state index contributed by atoms with van der Waals surface area (Å²) < 4.78 is 32.8. The highest BCUT2D eigenvalue weighted by Gasteiger charge is 2.51. The zero-order chi connectivity index (χ0) is 14.6. The maximum absolute atomic E-state index is 12.3. The topological polar surface area (TPSA) is 71.1 Å². The van der Waals surface area contributed by atoms with Crippen LogP contribution in [0.3, 0.4) is 0 Å². The second-order valence-corrected chi connectivity index (χ2v) is 6.31. The first-order valence-corrected chi connectivity index (χ1v) is 8.42. The van der Waals surface area contributed by atoms with Gasteiger partial charge in [0.2, 0.25) is 0 Å². The molecule has 1 aliphatic carbocycles. The SMILES string of the molecule is CCOC(=O)C1(COS(C)=O)CCC2(CC1)OCCO2. The summed E-state index contributed by atoms with van der Waals surface area (Å²) in [6.07, 6.45) is 3.83. The molecule has 1 atom stereocenters. The molecule has 1 saturated heterocycles. The Hall–Kier alpha value is -0.500. The smallest absolute Gasteiger partial charge is 0.314 e. The molecule has 116 valence electrons. The summed E-state index contributed by atoms with van der Waals surface area (Å²) in [6.45, 7) is 3.42. The van der Waals surface area contributed by atoms with Gasteiger partial charge in [0, 0.05) is 19.1 Å². The zero-order valence-electron chi connectivity index (χ0n) is 12.0. The maximum atomic E-state index is 12.3. The van der Waals surface area contributed by atoms with Crippen LogP contribution in [0.25, 0.3) is 0 Å². The number of hydrogen-bond acceptors (Lipinski definition) is 6. The highest BCUT2D eigenvalue weighted by molar-refractivity contribution is 7.79. The Bertz CT molecular complexity index is 367. The van der Waals surface area contributed by atoms with Crippen molar-refractivity contribution in [1.29, 1.82) is 0 Å². The van der Waals surface area contributed by atoms with E-state index in [0.29, 0.717) is 45.5 Å². The van der Waals surface area contributed by atoms with Crippen molar-refractivity contribution in [3.05, 3.63) is 0 Å². The summed E-state index contributed by atoms with van der Waals surface area (Å²) in [4.78, 5) is 12.3. The first kappa shape index (κ1) is 15.9. The summed E-state index contributed by atoms with van der Waals surface area (Å²) in [6, 6.07) is 0. The van der Waals surface area contributed by atoms with Crippen molar-refractivity contribution in [3.63, 3.8) is 0 Å². The third-order valence-corrected chi connectivity index (χ3v) is 4.44. The Morgan fingerprint density at radius 3 is 2.30 bits per heavy atom. The van der Waals surface area contributed by atoms with Crippen molar-refractivity contribution in [2.45, 2.75) is 38.4 Å². The lowest BCUT2D eigenvalue weighted by Crippen LogP contribution is -2.46. The average Bonchev–Trinajstić information content (AvgIpc) is 2.87. The molecule has 1 unspecified atom stereocenters. The molecule has 2 aliphatic rings. The van der Waals surface area contributed by atoms with Crippen molar-refractivity contribution in [3.8, 4) is 0 Å². The van der Waals surface area contributed by atoms with Crippen LogP contribution in [-0.2, 0) is 34.3 Å². The van der Waals surface area contributed by atoms with E-state index in [1.165, 1.54) is 6.26 Å². The Balaban J connectivity index is 2.04. The zero-order valence-corrected chi connectivity index (χ0v) is 12.8. The number of carbonyl (C=O) groups excluding carboxylic acids is 1. The van der Waals surface area contributed by atoms with Crippen molar-refractivity contribution in [2.75, 3.05) is 32.7 Å². The van der Waals surface area contributed by atoms with Gasteiger partial charge in [0.15, 0.2) is 16.9 Å². The molecule has 20 heavy (non-hydrogen) atoms. The van der Waals surface area contributed by atoms with Crippen LogP contribution in [0.2, 0.25) is 0 Å². The summed E-state index contributed by atoms with van der Waals surface area (Å²) in [5.74, 6) is -0.820. The normalized spacial score (nSPS) is 25.5. The van der Waals surface area contributed by atoms with Gasteiger partial charge in [-0.05, 0) is 19.8 Å². The van der Waals surface area contributed by atoms with E-state index < -0.39 is 22.3 Å². The van der Waals surface area contributed by atoms with Crippen LogP contribution in [0.5, 0.6) is 0 Å². The quantitative estimate of drug-likeness (QED) is 0.710. The predicted octanol–water partition coefficient (Wildman–Crippen LogP) is 1.16. The summed E-state index contributed by atoms with van der Waals surface area (Å²) in [5.41, 5.74) is -0.734. The molecular formula is C13H22O6S. The van der Waals surface area contributed by atoms with Crippen LogP contribution >= 0.6 is 0 Å². The number of rotatable bonds is 5. The van der Waals surface area contributed by atoms with Gasteiger partial charge in [-0.2, -0.15) is 0 Å². The number of esters is 1. The standard InChI is InChI=1S/C13H22O6S/c1-3-16-11(14)12(10-19-20(2)15)4-6-13(7-5-12)17-8-9-18-13/h3-10H2,1-2H3. The van der Waals surface area contributed by atoms with E-state index in [2.05, 4.69) is 0 Å². The van der Waals surface area contributed by atoms with E-state index in [9.17, 15) is 9.00 Å². The lowest BCUT2D eigenvalue weighted by Gasteiger charge is -2.41. The van der Waals surface area contributed by atoms with Gasteiger partial charge in [-0.1, -0.05) is 0 Å². The first-order valence-electron chi connectivity index (χ1n) is 6.94. The van der Waals surface area contributed by atoms with Gasteiger partial charge in [0.1, 0.15) is 0 Å². The molecular weight excluding hydrogens is 284 g/mol. The Morgan fingerprint density at radius 2 is 1.80 bits per heavy atom. The van der Waals surface area contributed by atoms with E-state index >= 15 is 0 Å². The van der Waals surface area contributed by atoms with Gasteiger partial charge in [-0.3, -0.25) is 8.98 Å². The van der Waals surface area contributed by atoms with Gasteiger partial charge in [0.25, 0.3) is 0 Å². The molecule has 0 aromatic carbocycles. The molecule has 7 heteroatoms. The van der Waals surface area contributed by atoms with Gasteiger partial charge in [-0.15, -0.1) is 0 Å². The van der Waals surface area contributed by atoms with Gasteiger partial charge >= 0.3 is 5.97 Å². The molecule has 0 aromatic heterocycles. The Labute approximate surface area is 121 Å². The lowest BCUT2D eigenvalue weighted by molar-refractivity contribution is -0.201. The van der Waals surface area contributed by atoms with E-state index in [0.717, 1.165) is 0 Å². The molecule has 0 radical (unpaired) electrons. The van der Waals surface area contributed by atoms with Crippen LogP contribution in [0.15, 0.2) is 0 Å². The molecule has 1 aliphatic heterocycles. The minimum Gasteiger partial charge on any atom is -0.465 e. The van der Waals surface area contributed by atoms with E-state index in [-0.39, 0.29) is 12.6 Å². The fraction of sp³-hybridized carbons (Fsp3) is 0.923. The fourth-order valence-corrected chi connectivity index (χ4v) is 3.17. The van der Waals surface area contributed by atoms with Crippen molar-refractivity contribution < 1.29 is 27.4 Å². The average molecular weight is 306 g/mol. The predicted molar refractivity (Wildman–Crippen MR) is 72.2 cm³/mol. The second-order valence-electron chi connectivity index (χ2n) is 5.27. The van der Waals surface area contributed by atoms with Crippen LogP contribution in [-0.4, -0.2) is 48.6 Å². The second kappa shape index (κ2) is 6.51. The number of hydrogen-bond donors (Lipinski definition) is 0. The summed E-state index contributed by atoms with van der Waals surface area (Å²) in [7, 11) is 0. The van der Waals surface area contributed by atoms with Crippen molar-refractivity contribution >= 4 is 17.0 Å². The molecule has 1 saturated carbocycles. The highest BCUT2D eigenvalue weighted by Crippen LogP contribution is 2.45. The summed E-state index contributed by atoms with van der Waals surface area (Å²) >= 11 is -1.39. The highest BCUT2D eigenvalue weighted by atomic mass is 32.2. The third kappa shape index (κ3) is 3.39. The third-order valence-electron chi connectivity index (χ3n) is 3.99. The molecule has 0 bridgehead atoms. The van der Waals surface area contributed by atoms with E-state index in [1.54, 1.807) is 6.92 Å². The van der Waals surface area contributed by atoms with Crippen LogP contribution in [0.4, 0.5) is 0 Å². The molecule has 6 nitrogen and oxygen atoms in total. The number of carbonyl (C=O) groups is 1. The number of ether oxygens (including phenoxy) is 3. The molecule has 0 amide bonds. The summed E-state index contributed by atoms with van der Waals surface area (Å²) in [5, 5.41) is 0. The van der Waals surface area contributed by atoms with Gasteiger partial charge in [0.05, 0.1) is 31.8 Å². The largest absolute Gasteiger partial charge is 0.465 e. The lowest BCUT2D eigenvalue weighted by atomic mass is 9.72. The van der Waals surface area contributed by atoms with E-state index in [4.69, 9.17) is 18.4 Å². The maximum Gasteiger partial charge on any atom is 0.314 e. The first-order chi connectivity index (χ1) is 9.52. The van der Waals surface area contributed by atoms with Crippen LogP contribution in [0, 0.1) is 5.41 Å². The fourth-order valence-electron chi connectivity index (χ4n) is 2.78. The molecule has 2 rings (SSSR count). The minimum atomic E-state index is -1.39. The molecule has 0 N–H and O–H groups in total. The van der Waals surface area contributed by atoms with Crippen molar-refractivity contribution in [2.24, 2.45) is 5.41 Å². The van der Waals surface area contributed by atoms with Crippen molar-refractivity contribution in [1.82, 2.24) is 0 Å². The van der Waals surface area contributed by atoms with Crippen LogP contribution < -0.4 is 0 Å². The minimum absolute atomic E-state index is 0.116.